The first-order valence-corrected chi connectivity index (χ1v) is 6.65. The van der Waals surface area contributed by atoms with Gasteiger partial charge in [0.1, 0.15) is 0 Å². The van der Waals surface area contributed by atoms with E-state index in [-0.39, 0.29) is 5.92 Å². The summed E-state index contributed by atoms with van der Waals surface area (Å²) < 4.78 is 32.3. The van der Waals surface area contributed by atoms with Gasteiger partial charge in [-0.2, -0.15) is 0 Å². The van der Waals surface area contributed by atoms with Crippen LogP contribution in [0.3, 0.4) is 0 Å². The fourth-order valence-corrected chi connectivity index (χ4v) is 2.43. The van der Waals surface area contributed by atoms with Crippen molar-refractivity contribution >= 4 is 5.69 Å². The van der Waals surface area contributed by atoms with Gasteiger partial charge < -0.3 is 15.4 Å². The summed E-state index contributed by atoms with van der Waals surface area (Å²) in [5.41, 5.74) is 7.15. The fourth-order valence-electron chi connectivity index (χ4n) is 2.43. The van der Waals surface area contributed by atoms with E-state index in [0.717, 1.165) is 17.7 Å². The van der Waals surface area contributed by atoms with Crippen molar-refractivity contribution in [1.82, 2.24) is 0 Å². The number of anilines is 1. The number of rotatable bonds is 4. The van der Waals surface area contributed by atoms with Crippen molar-refractivity contribution < 1.29 is 13.5 Å². The summed E-state index contributed by atoms with van der Waals surface area (Å²) in [6, 6.07) is 2.60. The van der Waals surface area contributed by atoms with E-state index < -0.39 is 11.6 Å². The van der Waals surface area contributed by atoms with Gasteiger partial charge in [-0.1, -0.05) is 6.92 Å². The fraction of sp³-hybridized carbons (Fsp3) is 0.571. The van der Waals surface area contributed by atoms with Gasteiger partial charge in [-0.15, -0.1) is 0 Å². The number of morpholine rings is 1. The quantitative estimate of drug-likeness (QED) is 0.912. The van der Waals surface area contributed by atoms with Crippen molar-refractivity contribution in [3.63, 3.8) is 0 Å². The van der Waals surface area contributed by atoms with Gasteiger partial charge in [0, 0.05) is 24.8 Å². The maximum Gasteiger partial charge on any atom is 0.160 e. The Labute approximate surface area is 112 Å². The molecule has 19 heavy (non-hydrogen) atoms. The van der Waals surface area contributed by atoms with Crippen molar-refractivity contribution in [3.05, 3.63) is 29.3 Å². The zero-order valence-corrected chi connectivity index (χ0v) is 11.2. The largest absolute Gasteiger partial charge is 0.378 e. The molecule has 2 N–H and O–H groups in total. The van der Waals surface area contributed by atoms with Crippen LogP contribution in [0.1, 0.15) is 24.8 Å². The van der Waals surface area contributed by atoms with Crippen molar-refractivity contribution in [2.24, 2.45) is 5.73 Å². The lowest BCUT2D eigenvalue weighted by atomic mass is 9.95. The molecule has 1 atom stereocenters. The topological polar surface area (TPSA) is 38.5 Å². The first-order chi connectivity index (χ1) is 9.13. The third-order valence-corrected chi connectivity index (χ3v) is 3.55. The van der Waals surface area contributed by atoms with Gasteiger partial charge in [0.05, 0.1) is 13.2 Å². The number of hydrogen-bond donors (Lipinski definition) is 1. The average Bonchev–Trinajstić information content (AvgIpc) is 2.42. The van der Waals surface area contributed by atoms with Gasteiger partial charge >= 0.3 is 0 Å². The molecule has 106 valence electrons. The summed E-state index contributed by atoms with van der Waals surface area (Å²) in [4.78, 5) is 2.05. The number of ether oxygens (including phenoxy) is 1. The van der Waals surface area contributed by atoms with Crippen LogP contribution >= 0.6 is 0 Å². The molecule has 1 aliphatic heterocycles. The zero-order chi connectivity index (χ0) is 13.8. The van der Waals surface area contributed by atoms with Crippen LogP contribution in [-0.4, -0.2) is 32.8 Å². The molecule has 1 aliphatic rings. The average molecular weight is 270 g/mol. The third kappa shape index (κ3) is 3.22. The molecule has 1 aromatic carbocycles. The predicted molar refractivity (Wildman–Crippen MR) is 71.5 cm³/mol. The van der Waals surface area contributed by atoms with Crippen LogP contribution in [-0.2, 0) is 4.74 Å². The van der Waals surface area contributed by atoms with Crippen molar-refractivity contribution in [2.45, 2.75) is 19.3 Å². The van der Waals surface area contributed by atoms with E-state index in [2.05, 4.69) is 0 Å². The number of benzene rings is 1. The first kappa shape index (κ1) is 14.2. The van der Waals surface area contributed by atoms with E-state index in [1.54, 1.807) is 0 Å². The number of hydrogen-bond acceptors (Lipinski definition) is 3. The van der Waals surface area contributed by atoms with Crippen molar-refractivity contribution in [3.8, 4) is 0 Å². The van der Waals surface area contributed by atoms with Crippen LogP contribution < -0.4 is 10.6 Å². The highest BCUT2D eigenvalue weighted by Crippen LogP contribution is 2.32. The molecule has 1 aromatic rings. The van der Waals surface area contributed by atoms with Crippen LogP contribution in [0.15, 0.2) is 12.1 Å². The third-order valence-electron chi connectivity index (χ3n) is 3.55. The predicted octanol–water partition coefficient (Wildman–Crippen LogP) is 2.25. The molecule has 0 amide bonds. The Morgan fingerprint density at radius 2 is 1.89 bits per heavy atom. The molecule has 0 saturated carbocycles. The Bertz CT molecular complexity index is 434. The van der Waals surface area contributed by atoms with Crippen LogP contribution in [0.4, 0.5) is 14.5 Å². The summed E-state index contributed by atoms with van der Waals surface area (Å²) in [7, 11) is 0. The van der Waals surface area contributed by atoms with E-state index in [1.165, 1.54) is 12.1 Å². The molecule has 0 radical (unpaired) electrons. The van der Waals surface area contributed by atoms with Crippen molar-refractivity contribution in [1.29, 1.82) is 0 Å². The SMILES string of the molecule is CC(CCN)c1cc(F)c(F)cc1N1CCOCC1. The molecule has 1 unspecified atom stereocenters. The highest BCUT2D eigenvalue weighted by atomic mass is 19.2. The van der Waals surface area contributed by atoms with Crippen molar-refractivity contribution in [2.75, 3.05) is 37.7 Å². The lowest BCUT2D eigenvalue weighted by Gasteiger charge is -2.32. The minimum Gasteiger partial charge on any atom is -0.378 e. The first-order valence-electron chi connectivity index (χ1n) is 6.65. The Morgan fingerprint density at radius 1 is 1.26 bits per heavy atom. The molecular formula is C14H20F2N2O. The van der Waals surface area contributed by atoms with Gasteiger partial charge in [0.25, 0.3) is 0 Å². The lowest BCUT2D eigenvalue weighted by Crippen LogP contribution is -2.37. The summed E-state index contributed by atoms with van der Waals surface area (Å²) in [6.45, 7) is 5.15. The molecule has 2 rings (SSSR count). The Balaban J connectivity index is 2.35. The molecule has 1 saturated heterocycles. The van der Waals surface area contributed by atoms with E-state index in [0.29, 0.717) is 32.8 Å². The van der Waals surface area contributed by atoms with E-state index >= 15 is 0 Å². The maximum atomic E-state index is 13.5. The summed E-state index contributed by atoms with van der Waals surface area (Å²) in [6.07, 6.45) is 0.752. The molecule has 0 spiro atoms. The van der Waals surface area contributed by atoms with Crippen LogP contribution in [0.25, 0.3) is 0 Å². The second kappa shape index (κ2) is 6.30. The standard InChI is InChI=1S/C14H20F2N2O/c1-10(2-3-17)11-8-12(15)13(16)9-14(11)18-4-6-19-7-5-18/h8-10H,2-7,17H2,1H3. The van der Waals surface area contributed by atoms with Gasteiger partial charge in [-0.25, -0.2) is 8.78 Å². The van der Waals surface area contributed by atoms with Gasteiger partial charge in [-0.05, 0) is 30.5 Å². The van der Waals surface area contributed by atoms with Crippen LogP contribution in [0, 0.1) is 11.6 Å². The summed E-state index contributed by atoms with van der Waals surface area (Å²) in [5, 5.41) is 0. The maximum absolute atomic E-state index is 13.5. The highest BCUT2D eigenvalue weighted by molar-refractivity contribution is 5.56. The lowest BCUT2D eigenvalue weighted by molar-refractivity contribution is 0.122. The van der Waals surface area contributed by atoms with Crippen LogP contribution in [0.5, 0.6) is 0 Å². The minimum atomic E-state index is -0.801. The number of halogens is 2. The van der Waals surface area contributed by atoms with Gasteiger partial charge in [-0.3, -0.25) is 0 Å². The zero-order valence-electron chi connectivity index (χ0n) is 11.2. The molecule has 1 heterocycles. The second-order valence-electron chi connectivity index (χ2n) is 4.90. The monoisotopic (exact) mass is 270 g/mol. The molecule has 0 bridgehead atoms. The summed E-state index contributed by atoms with van der Waals surface area (Å²) >= 11 is 0. The van der Waals surface area contributed by atoms with E-state index in [9.17, 15) is 8.78 Å². The molecule has 5 heteroatoms. The van der Waals surface area contributed by atoms with Gasteiger partial charge in [0.2, 0.25) is 0 Å². The van der Waals surface area contributed by atoms with Gasteiger partial charge in [0.15, 0.2) is 11.6 Å². The second-order valence-corrected chi connectivity index (χ2v) is 4.90. The van der Waals surface area contributed by atoms with E-state index in [4.69, 9.17) is 10.5 Å². The minimum absolute atomic E-state index is 0.109. The van der Waals surface area contributed by atoms with E-state index in [1.807, 2.05) is 11.8 Å². The Kier molecular flexibility index (Phi) is 4.71. The normalized spacial score (nSPS) is 17.6. The summed E-state index contributed by atoms with van der Waals surface area (Å²) in [5.74, 6) is -1.49. The molecule has 3 nitrogen and oxygen atoms in total. The molecule has 0 aliphatic carbocycles. The Morgan fingerprint density at radius 3 is 2.53 bits per heavy atom. The molecule has 0 aromatic heterocycles. The highest BCUT2D eigenvalue weighted by Gasteiger charge is 2.20. The Hall–Kier alpha value is -1.20. The number of nitrogens with two attached hydrogens (primary N) is 1. The number of nitrogens with zero attached hydrogens (tertiary/aromatic N) is 1. The van der Waals surface area contributed by atoms with Crippen LogP contribution in [0.2, 0.25) is 0 Å². The smallest absolute Gasteiger partial charge is 0.160 e. The molecular weight excluding hydrogens is 250 g/mol. The molecule has 1 fully saturated rings.